The molecule has 1 aromatic rings. The molecule has 0 amide bonds. The Morgan fingerprint density at radius 2 is 2.00 bits per heavy atom. The van der Waals surface area contributed by atoms with Crippen molar-refractivity contribution in [2.45, 2.75) is 12.5 Å². The van der Waals surface area contributed by atoms with Crippen molar-refractivity contribution in [2.24, 2.45) is 0 Å². The summed E-state index contributed by atoms with van der Waals surface area (Å²) in [5.41, 5.74) is 0.890. The summed E-state index contributed by atoms with van der Waals surface area (Å²) in [5, 5.41) is 17.9. The molecular formula is C9H12BNO3. The van der Waals surface area contributed by atoms with Gasteiger partial charge in [0.05, 0.1) is 0 Å². The Bertz CT molecular complexity index is 302. The summed E-state index contributed by atoms with van der Waals surface area (Å²) in [5.74, 6) is -1.03. The summed E-state index contributed by atoms with van der Waals surface area (Å²) in [7, 11) is 1.34. The van der Waals surface area contributed by atoms with Crippen molar-refractivity contribution >= 4 is 14.0 Å². The van der Waals surface area contributed by atoms with Crippen LogP contribution in [0.15, 0.2) is 30.3 Å². The maximum atomic E-state index is 10.7. The number of carbonyl (C=O) groups is 1. The second-order valence-electron chi connectivity index (χ2n) is 3.12. The maximum absolute atomic E-state index is 10.7. The monoisotopic (exact) mass is 193 g/mol. The van der Waals surface area contributed by atoms with Crippen molar-refractivity contribution < 1.29 is 15.1 Å². The van der Waals surface area contributed by atoms with Crippen LogP contribution in [0.4, 0.5) is 0 Å². The number of benzene rings is 1. The minimum absolute atomic E-state index is 0.295. The Morgan fingerprint density at radius 1 is 1.43 bits per heavy atom. The third-order valence-corrected chi connectivity index (χ3v) is 2.01. The van der Waals surface area contributed by atoms with E-state index in [1.165, 1.54) is 7.98 Å². The molecule has 0 aliphatic carbocycles. The molecule has 0 aliphatic rings. The van der Waals surface area contributed by atoms with Gasteiger partial charge in [-0.1, -0.05) is 30.3 Å². The fraction of sp³-hybridized carbons (Fsp3) is 0.222. The number of carboxylic acids is 1. The van der Waals surface area contributed by atoms with Gasteiger partial charge in [0.1, 0.15) is 6.04 Å². The van der Waals surface area contributed by atoms with Gasteiger partial charge in [0.2, 0.25) is 7.98 Å². The van der Waals surface area contributed by atoms with Crippen LogP contribution in [0.1, 0.15) is 5.56 Å². The van der Waals surface area contributed by atoms with Crippen molar-refractivity contribution in [3.63, 3.8) is 0 Å². The summed E-state index contributed by atoms with van der Waals surface area (Å²) >= 11 is 0. The molecule has 0 aliphatic heterocycles. The van der Waals surface area contributed by atoms with E-state index in [-0.39, 0.29) is 0 Å². The van der Waals surface area contributed by atoms with Crippen molar-refractivity contribution in [3.8, 4) is 0 Å². The van der Waals surface area contributed by atoms with Crippen LogP contribution in [0.2, 0.25) is 0 Å². The zero-order valence-electron chi connectivity index (χ0n) is 7.92. The van der Waals surface area contributed by atoms with E-state index in [0.717, 1.165) is 10.5 Å². The summed E-state index contributed by atoms with van der Waals surface area (Å²) in [4.78, 5) is 11.5. The minimum Gasteiger partial charge on any atom is -0.480 e. The fourth-order valence-corrected chi connectivity index (χ4v) is 1.22. The number of carboxylic acid groups (broad SMARTS) is 1. The van der Waals surface area contributed by atoms with Crippen molar-refractivity contribution in [3.05, 3.63) is 35.9 Å². The second kappa shape index (κ2) is 4.78. The van der Waals surface area contributed by atoms with E-state index in [1.54, 1.807) is 0 Å². The standard InChI is InChI=1S/C9H12BNO3/c10-11(14)8(9(12)13)6-7-4-2-1-3-5-7/h1-5,8,14H,6,10H2,(H,12,13)/t8-/m0/s1. The van der Waals surface area contributed by atoms with Crippen molar-refractivity contribution in [1.29, 1.82) is 0 Å². The molecule has 5 heteroatoms. The first-order valence-corrected chi connectivity index (χ1v) is 4.29. The minimum atomic E-state index is -1.03. The molecule has 0 spiro atoms. The molecule has 74 valence electrons. The van der Waals surface area contributed by atoms with Crippen LogP contribution in [0, 0.1) is 0 Å². The molecule has 14 heavy (non-hydrogen) atoms. The van der Waals surface area contributed by atoms with E-state index < -0.39 is 12.0 Å². The smallest absolute Gasteiger partial charge is 0.322 e. The van der Waals surface area contributed by atoms with Crippen LogP contribution in [0.25, 0.3) is 0 Å². The highest BCUT2D eigenvalue weighted by molar-refractivity contribution is 6.05. The molecule has 0 saturated carbocycles. The molecule has 1 atom stereocenters. The van der Waals surface area contributed by atoms with Gasteiger partial charge in [-0.15, -0.1) is 0 Å². The highest BCUT2D eigenvalue weighted by atomic mass is 16.5. The van der Waals surface area contributed by atoms with Gasteiger partial charge < -0.3 is 10.3 Å². The molecule has 0 bridgehead atoms. The lowest BCUT2D eigenvalue weighted by molar-refractivity contribution is -0.151. The third kappa shape index (κ3) is 2.87. The van der Waals surface area contributed by atoms with Gasteiger partial charge in [-0.25, -0.2) is 4.97 Å². The summed E-state index contributed by atoms with van der Waals surface area (Å²) in [6.45, 7) is 0. The van der Waals surface area contributed by atoms with Gasteiger partial charge in [0.25, 0.3) is 0 Å². The normalized spacial score (nSPS) is 12.7. The summed E-state index contributed by atoms with van der Waals surface area (Å²) in [6.07, 6.45) is 0.295. The van der Waals surface area contributed by atoms with Crippen LogP contribution in [0.5, 0.6) is 0 Å². The van der Waals surface area contributed by atoms with Crippen molar-refractivity contribution in [1.82, 2.24) is 4.97 Å². The van der Waals surface area contributed by atoms with Gasteiger partial charge in [-0.2, -0.15) is 0 Å². The molecule has 0 aromatic heterocycles. The van der Waals surface area contributed by atoms with E-state index in [0.29, 0.717) is 6.42 Å². The number of hydrogen-bond acceptors (Lipinski definition) is 3. The molecule has 1 rings (SSSR count). The predicted molar refractivity (Wildman–Crippen MR) is 53.7 cm³/mol. The maximum Gasteiger partial charge on any atom is 0.322 e. The van der Waals surface area contributed by atoms with Crippen LogP contribution < -0.4 is 0 Å². The Hall–Kier alpha value is -1.33. The lowest BCUT2D eigenvalue weighted by Gasteiger charge is -2.18. The topological polar surface area (TPSA) is 60.8 Å². The molecule has 0 unspecified atom stereocenters. The lowest BCUT2D eigenvalue weighted by atomic mass is 10.0. The van der Waals surface area contributed by atoms with Crippen LogP contribution in [-0.4, -0.2) is 35.3 Å². The molecule has 1 aromatic carbocycles. The van der Waals surface area contributed by atoms with E-state index in [9.17, 15) is 4.79 Å². The average molecular weight is 193 g/mol. The second-order valence-corrected chi connectivity index (χ2v) is 3.12. The summed E-state index contributed by atoms with van der Waals surface area (Å²) < 4.78 is 0. The highest BCUT2D eigenvalue weighted by Crippen LogP contribution is 2.06. The molecular weight excluding hydrogens is 181 g/mol. The highest BCUT2D eigenvalue weighted by Gasteiger charge is 2.20. The quantitative estimate of drug-likeness (QED) is 0.518. The first-order valence-electron chi connectivity index (χ1n) is 4.29. The molecule has 0 heterocycles. The molecule has 0 radical (unpaired) electrons. The van der Waals surface area contributed by atoms with E-state index in [1.807, 2.05) is 30.3 Å². The molecule has 0 saturated heterocycles. The van der Waals surface area contributed by atoms with Crippen molar-refractivity contribution in [2.75, 3.05) is 0 Å². The predicted octanol–water partition coefficient (Wildman–Crippen LogP) is -0.0784. The zero-order valence-corrected chi connectivity index (χ0v) is 7.92. The Balaban J connectivity index is 2.70. The first kappa shape index (κ1) is 10.8. The Kier molecular flexibility index (Phi) is 3.68. The van der Waals surface area contributed by atoms with Crippen LogP contribution >= 0.6 is 0 Å². The molecule has 4 nitrogen and oxygen atoms in total. The van der Waals surface area contributed by atoms with E-state index in [4.69, 9.17) is 10.3 Å². The van der Waals surface area contributed by atoms with Gasteiger partial charge in [0, 0.05) is 0 Å². The lowest BCUT2D eigenvalue weighted by Crippen LogP contribution is -2.38. The number of aliphatic carboxylic acids is 1. The zero-order chi connectivity index (χ0) is 10.6. The SMILES string of the molecule is BN(O)[C@@H](Cc1ccccc1)C(=O)O. The van der Waals surface area contributed by atoms with Gasteiger partial charge in [-0.3, -0.25) is 4.79 Å². The summed E-state index contributed by atoms with van der Waals surface area (Å²) in [6, 6.07) is 8.32. The molecule has 2 N–H and O–H groups in total. The average Bonchev–Trinajstić information content (AvgIpc) is 2.15. The van der Waals surface area contributed by atoms with Gasteiger partial charge in [-0.05, 0) is 12.0 Å². The van der Waals surface area contributed by atoms with E-state index in [2.05, 4.69) is 0 Å². The fourth-order valence-electron chi connectivity index (χ4n) is 1.22. The first-order chi connectivity index (χ1) is 6.61. The number of rotatable bonds is 4. The van der Waals surface area contributed by atoms with Gasteiger partial charge >= 0.3 is 5.97 Å². The molecule has 0 fully saturated rings. The Morgan fingerprint density at radius 3 is 2.43 bits per heavy atom. The third-order valence-electron chi connectivity index (χ3n) is 2.01. The number of hydrogen-bond donors (Lipinski definition) is 2. The van der Waals surface area contributed by atoms with Gasteiger partial charge in [0.15, 0.2) is 0 Å². The van der Waals surface area contributed by atoms with Crippen LogP contribution in [-0.2, 0) is 11.2 Å². The largest absolute Gasteiger partial charge is 0.480 e. The number of nitrogens with zero attached hydrogens (tertiary/aromatic N) is 1. The Labute approximate surface area is 83.2 Å². The van der Waals surface area contributed by atoms with E-state index >= 15 is 0 Å². The number of hydroxylamine groups is 1. The van der Waals surface area contributed by atoms with Crippen LogP contribution in [0.3, 0.4) is 0 Å².